The van der Waals surface area contributed by atoms with Crippen LogP contribution in [0.25, 0.3) is 0 Å². The van der Waals surface area contributed by atoms with Gasteiger partial charge in [0.2, 0.25) is 0 Å². The molecule has 0 bridgehead atoms. The average molecular weight is 435 g/mol. The molecule has 2 atom stereocenters. The molecule has 0 saturated carbocycles. The number of rotatable bonds is 4. The van der Waals surface area contributed by atoms with Gasteiger partial charge < -0.3 is 4.90 Å². The average Bonchev–Trinajstić information content (AvgIpc) is 3.12. The number of amidine groups is 1. The Morgan fingerprint density at radius 2 is 2.00 bits per heavy atom. The topological polar surface area (TPSA) is 66.8 Å². The van der Waals surface area contributed by atoms with Crippen LogP contribution in [0.2, 0.25) is 5.02 Å². The van der Waals surface area contributed by atoms with Gasteiger partial charge in [-0.2, -0.15) is 0 Å². The number of carbonyl (C=O) groups excluding carboxylic acids is 1. The number of ketones is 1. The fourth-order valence-electron chi connectivity index (χ4n) is 3.57. The van der Waals surface area contributed by atoms with Gasteiger partial charge in [-0.1, -0.05) is 53.7 Å². The Hall–Kier alpha value is -1.83. The third kappa shape index (κ3) is 3.83. The number of Topliss-reactive ketones (excluding diaryl/α,β-unsaturated/α-hetero) is 1. The SMILES string of the molecule is CC(=O)c1cccc(N2C(SCc3ccccc3Cl)=N[C@H]3CS(=O)(=O)C[C@H]32)c1. The van der Waals surface area contributed by atoms with E-state index in [-0.39, 0.29) is 29.4 Å². The summed E-state index contributed by atoms with van der Waals surface area (Å²) >= 11 is 7.81. The maximum atomic E-state index is 12.2. The molecular weight excluding hydrogens is 416 g/mol. The molecule has 2 aromatic carbocycles. The van der Waals surface area contributed by atoms with Crippen LogP contribution in [0.5, 0.6) is 0 Å². The Morgan fingerprint density at radius 1 is 1.21 bits per heavy atom. The molecule has 4 rings (SSSR count). The molecule has 8 heteroatoms. The van der Waals surface area contributed by atoms with E-state index in [1.807, 2.05) is 41.3 Å². The maximum Gasteiger partial charge on any atom is 0.164 e. The number of thioether (sulfide) groups is 1. The van der Waals surface area contributed by atoms with Gasteiger partial charge in [0.25, 0.3) is 0 Å². The first-order valence-electron chi connectivity index (χ1n) is 8.89. The lowest BCUT2D eigenvalue weighted by Crippen LogP contribution is -2.39. The van der Waals surface area contributed by atoms with Crippen molar-refractivity contribution >= 4 is 49.8 Å². The molecule has 0 amide bonds. The first kappa shape index (κ1) is 19.5. The maximum absolute atomic E-state index is 12.2. The highest BCUT2D eigenvalue weighted by Crippen LogP contribution is 2.36. The predicted octanol–water partition coefficient (Wildman–Crippen LogP) is 3.82. The van der Waals surface area contributed by atoms with Gasteiger partial charge in [0.15, 0.2) is 20.8 Å². The van der Waals surface area contributed by atoms with Crippen LogP contribution in [0.1, 0.15) is 22.8 Å². The van der Waals surface area contributed by atoms with E-state index < -0.39 is 9.84 Å². The molecule has 1 saturated heterocycles. The summed E-state index contributed by atoms with van der Waals surface area (Å²) in [5, 5.41) is 1.46. The largest absolute Gasteiger partial charge is 0.315 e. The first-order chi connectivity index (χ1) is 13.3. The van der Waals surface area contributed by atoms with Crippen molar-refractivity contribution in [3.8, 4) is 0 Å². The van der Waals surface area contributed by atoms with Crippen molar-refractivity contribution in [3.05, 3.63) is 64.7 Å². The molecular formula is C20H19ClN2O3S2. The standard InChI is InChI=1S/C20H19ClN2O3S2/c1-13(24)14-6-4-7-16(9-14)23-19-12-28(25,26)11-18(19)22-20(23)27-10-15-5-2-3-8-17(15)21/h2-9,18-19H,10-12H2,1H3/t18-,19+/m0/s1. The second-order valence-electron chi connectivity index (χ2n) is 6.98. The second kappa shape index (κ2) is 7.54. The van der Waals surface area contributed by atoms with Crippen molar-refractivity contribution in [1.82, 2.24) is 0 Å². The Bertz CT molecular complexity index is 1070. The second-order valence-corrected chi connectivity index (χ2v) is 10.5. The molecule has 2 heterocycles. The summed E-state index contributed by atoms with van der Waals surface area (Å²) in [6.45, 7) is 1.52. The number of hydrogen-bond acceptors (Lipinski definition) is 6. The van der Waals surface area contributed by atoms with E-state index in [2.05, 4.69) is 0 Å². The zero-order valence-corrected chi connectivity index (χ0v) is 17.6. The minimum absolute atomic E-state index is 0.0288. The van der Waals surface area contributed by atoms with E-state index in [0.29, 0.717) is 16.3 Å². The molecule has 0 aliphatic carbocycles. The van der Waals surface area contributed by atoms with Crippen LogP contribution in [0.3, 0.4) is 0 Å². The normalized spacial score (nSPS) is 22.8. The Morgan fingerprint density at radius 3 is 2.75 bits per heavy atom. The minimum Gasteiger partial charge on any atom is -0.315 e. The smallest absolute Gasteiger partial charge is 0.164 e. The van der Waals surface area contributed by atoms with Gasteiger partial charge in [-0.05, 0) is 30.7 Å². The van der Waals surface area contributed by atoms with Crippen molar-refractivity contribution in [2.45, 2.75) is 24.8 Å². The molecule has 28 heavy (non-hydrogen) atoms. The van der Waals surface area contributed by atoms with Gasteiger partial charge in [0.05, 0.1) is 23.6 Å². The summed E-state index contributed by atoms with van der Waals surface area (Å²) in [5.74, 6) is 0.741. The summed E-state index contributed by atoms with van der Waals surface area (Å²) in [6, 6.07) is 14.4. The monoisotopic (exact) mass is 434 g/mol. The van der Waals surface area contributed by atoms with E-state index in [0.717, 1.165) is 16.4 Å². The van der Waals surface area contributed by atoms with Crippen LogP contribution in [0.15, 0.2) is 53.5 Å². The Balaban J connectivity index is 1.66. The van der Waals surface area contributed by atoms with Gasteiger partial charge in [0, 0.05) is 22.0 Å². The zero-order chi connectivity index (χ0) is 19.9. The van der Waals surface area contributed by atoms with Crippen LogP contribution >= 0.6 is 23.4 Å². The van der Waals surface area contributed by atoms with Crippen LogP contribution in [-0.4, -0.2) is 43.0 Å². The van der Waals surface area contributed by atoms with Gasteiger partial charge in [0.1, 0.15) is 0 Å². The first-order valence-corrected chi connectivity index (χ1v) is 12.1. The molecule has 0 unspecified atom stereocenters. The Labute approximate surface area is 173 Å². The van der Waals surface area contributed by atoms with Crippen molar-refractivity contribution in [1.29, 1.82) is 0 Å². The molecule has 146 valence electrons. The molecule has 0 N–H and O–H groups in total. The number of anilines is 1. The highest BCUT2D eigenvalue weighted by Gasteiger charge is 2.47. The van der Waals surface area contributed by atoms with E-state index in [1.165, 1.54) is 18.7 Å². The van der Waals surface area contributed by atoms with Gasteiger partial charge in [-0.3, -0.25) is 9.79 Å². The lowest BCUT2D eigenvalue weighted by molar-refractivity contribution is 0.101. The molecule has 0 spiro atoms. The fraction of sp³-hybridized carbons (Fsp3) is 0.300. The van der Waals surface area contributed by atoms with Crippen LogP contribution in [0.4, 0.5) is 5.69 Å². The molecule has 0 radical (unpaired) electrons. The zero-order valence-electron chi connectivity index (χ0n) is 15.2. The third-order valence-corrected chi connectivity index (χ3v) is 8.04. The third-order valence-electron chi connectivity index (χ3n) is 4.95. The van der Waals surface area contributed by atoms with Gasteiger partial charge >= 0.3 is 0 Å². The molecule has 2 aliphatic rings. The molecule has 2 aliphatic heterocycles. The van der Waals surface area contributed by atoms with Crippen molar-refractivity contribution in [3.63, 3.8) is 0 Å². The number of aliphatic imine (C=N–C) groups is 1. The molecule has 5 nitrogen and oxygen atoms in total. The molecule has 2 aromatic rings. The number of halogens is 1. The summed E-state index contributed by atoms with van der Waals surface area (Å²) in [4.78, 5) is 18.5. The number of carbonyl (C=O) groups is 1. The summed E-state index contributed by atoms with van der Waals surface area (Å²) in [7, 11) is -3.12. The van der Waals surface area contributed by atoms with Crippen LogP contribution < -0.4 is 4.90 Å². The lowest BCUT2D eigenvalue weighted by atomic mass is 10.1. The summed E-state index contributed by atoms with van der Waals surface area (Å²) < 4.78 is 24.3. The highest BCUT2D eigenvalue weighted by atomic mass is 35.5. The van der Waals surface area contributed by atoms with Crippen molar-refractivity contribution in [2.24, 2.45) is 4.99 Å². The number of sulfone groups is 1. The fourth-order valence-corrected chi connectivity index (χ4v) is 6.82. The van der Waals surface area contributed by atoms with Gasteiger partial charge in [-0.25, -0.2) is 8.42 Å². The van der Waals surface area contributed by atoms with E-state index in [1.54, 1.807) is 12.1 Å². The van der Waals surface area contributed by atoms with E-state index >= 15 is 0 Å². The predicted molar refractivity (Wildman–Crippen MR) is 115 cm³/mol. The van der Waals surface area contributed by atoms with E-state index in [4.69, 9.17) is 16.6 Å². The van der Waals surface area contributed by atoms with Crippen molar-refractivity contribution < 1.29 is 13.2 Å². The number of nitrogens with zero attached hydrogens (tertiary/aromatic N) is 2. The number of fused-ring (bicyclic) bond motifs is 1. The molecule has 1 fully saturated rings. The van der Waals surface area contributed by atoms with Crippen molar-refractivity contribution in [2.75, 3.05) is 16.4 Å². The minimum atomic E-state index is -3.12. The van der Waals surface area contributed by atoms with Crippen LogP contribution in [0, 0.1) is 0 Å². The van der Waals surface area contributed by atoms with Gasteiger partial charge in [-0.15, -0.1) is 0 Å². The summed E-state index contributed by atoms with van der Waals surface area (Å²) in [6.07, 6.45) is 0. The van der Waals surface area contributed by atoms with E-state index in [9.17, 15) is 13.2 Å². The quantitative estimate of drug-likeness (QED) is 0.684. The van der Waals surface area contributed by atoms with Crippen LogP contribution in [-0.2, 0) is 15.6 Å². The Kier molecular flexibility index (Phi) is 5.24. The molecule has 0 aromatic heterocycles. The number of benzene rings is 2. The number of hydrogen-bond donors (Lipinski definition) is 0. The summed E-state index contributed by atoms with van der Waals surface area (Å²) in [5.41, 5.74) is 2.39. The highest BCUT2D eigenvalue weighted by molar-refractivity contribution is 8.13. The lowest BCUT2D eigenvalue weighted by Gasteiger charge is -2.27.